The number of halogens is 1. The van der Waals surface area contributed by atoms with Gasteiger partial charge in [-0.05, 0) is 52.2 Å². The maximum absolute atomic E-state index is 12.0. The van der Waals surface area contributed by atoms with Gasteiger partial charge < -0.3 is 15.5 Å². The first kappa shape index (κ1) is 24.1. The predicted octanol–water partition coefficient (Wildman–Crippen LogP) is 3.60. The summed E-state index contributed by atoms with van der Waals surface area (Å²) in [7, 11) is 0. The van der Waals surface area contributed by atoms with Crippen molar-refractivity contribution in [3.05, 3.63) is 30.3 Å². The van der Waals surface area contributed by atoms with E-state index in [1.54, 1.807) is 0 Å². The fourth-order valence-corrected chi connectivity index (χ4v) is 3.97. The Morgan fingerprint density at radius 2 is 2.00 bits per heavy atom. The summed E-state index contributed by atoms with van der Waals surface area (Å²) >= 11 is 1.92. The molecule has 0 spiro atoms. The second-order valence-corrected chi connectivity index (χ2v) is 8.79. The molecule has 1 atom stereocenters. The molecule has 27 heavy (non-hydrogen) atoms. The van der Waals surface area contributed by atoms with Crippen LogP contribution in [0.15, 0.2) is 40.2 Å². The van der Waals surface area contributed by atoms with Crippen LogP contribution in [-0.2, 0) is 4.79 Å². The molecule has 0 radical (unpaired) electrons. The summed E-state index contributed by atoms with van der Waals surface area (Å²) in [4.78, 5) is 20.2. The number of amides is 1. The Morgan fingerprint density at radius 3 is 2.63 bits per heavy atom. The molecule has 5 nitrogen and oxygen atoms in total. The Labute approximate surface area is 185 Å². The van der Waals surface area contributed by atoms with E-state index in [1.165, 1.54) is 11.3 Å². The smallest absolute Gasteiger partial charge is 0.242 e. The number of nitrogens with zero attached hydrogens (tertiary/aromatic N) is 2. The van der Waals surface area contributed by atoms with E-state index in [9.17, 15) is 4.79 Å². The Hall–Kier alpha value is -0.960. The van der Waals surface area contributed by atoms with Gasteiger partial charge in [0.2, 0.25) is 5.91 Å². The maximum Gasteiger partial charge on any atom is 0.242 e. The molecule has 0 aliphatic carbocycles. The molecule has 1 amide bonds. The highest BCUT2D eigenvalue weighted by Crippen LogP contribution is 2.25. The van der Waals surface area contributed by atoms with E-state index < -0.39 is 0 Å². The van der Waals surface area contributed by atoms with Crippen LogP contribution < -0.4 is 10.6 Å². The van der Waals surface area contributed by atoms with E-state index in [-0.39, 0.29) is 42.0 Å². The molecule has 1 saturated heterocycles. The largest absolute Gasteiger partial charge is 0.357 e. The summed E-state index contributed by atoms with van der Waals surface area (Å²) in [5.41, 5.74) is -0.224. The Morgan fingerprint density at radius 1 is 1.30 bits per heavy atom. The van der Waals surface area contributed by atoms with Gasteiger partial charge in [-0.1, -0.05) is 18.2 Å². The van der Waals surface area contributed by atoms with Crippen LogP contribution in [0.25, 0.3) is 0 Å². The molecule has 1 aromatic rings. The van der Waals surface area contributed by atoms with Gasteiger partial charge >= 0.3 is 0 Å². The minimum atomic E-state index is -0.224. The van der Waals surface area contributed by atoms with E-state index in [2.05, 4.69) is 57.8 Å². The molecule has 1 aromatic carbocycles. The first-order chi connectivity index (χ1) is 12.4. The Kier molecular flexibility index (Phi) is 10.5. The van der Waals surface area contributed by atoms with Crippen LogP contribution in [0.5, 0.6) is 0 Å². The summed E-state index contributed by atoms with van der Waals surface area (Å²) < 4.78 is 0. The number of carbonyl (C=O) groups excluding carboxylic acids is 1. The van der Waals surface area contributed by atoms with Crippen molar-refractivity contribution in [1.82, 2.24) is 15.5 Å². The lowest BCUT2D eigenvalue weighted by atomic mass is 10.1. The quantitative estimate of drug-likeness (QED) is 0.269. The predicted molar refractivity (Wildman–Crippen MR) is 126 cm³/mol. The van der Waals surface area contributed by atoms with Crippen LogP contribution in [0.2, 0.25) is 0 Å². The zero-order chi connectivity index (χ0) is 19.0. The fourth-order valence-electron chi connectivity index (χ4n) is 2.92. The highest BCUT2D eigenvalue weighted by Gasteiger charge is 2.25. The summed E-state index contributed by atoms with van der Waals surface area (Å²) in [6.07, 6.45) is 1.17. The third-order valence-electron chi connectivity index (χ3n) is 4.04. The van der Waals surface area contributed by atoms with Crippen molar-refractivity contribution >= 4 is 47.6 Å². The highest BCUT2D eigenvalue weighted by atomic mass is 127. The van der Waals surface area contributed by atoms with E-state index in [0.29, 0.717) is 5.92 Å². The molecule has 7 heteroatoms. The Bertz CT molecular complexity index is 604. The van der Waals surface area contributed by atoms with Gasteiger partial charge in [-0.25, -0.2) is 4.99 Å². The van der Waals surface area contributed by atoms with Crippen molar-refractivity contribution in [1.29, 1.82) is 0 Å². The topological polar surface area (TPSA) is 56.7 Å². The number of benzene rings is 1. The molecule has 2 rings (SSSR count). The van der Waals surface area contributed by atoms with Gasteiger partial charge in [0.15, 0.2) is 5.96 Å². The van der Waals surface area contributed by atoms with E-state index >= 15 is 0 Å². The molecule has 1 unspecified atom stereocenters. The van der Waals surface area contributed by atoms with Crippen LogP contribution >= 0.6 is 35.7 Å². The lowest BCUT2D eigenvalue weighted by Crippen LogP contribution is -2.44. The number of thioether (sulfide) groups is 1. The minimum Gasteiger partial charge on any atom is -0.357 e. The molecule has 1 aliphatic heterocycles. The lowest BCUT2D eigenvalue weighted by Gasteiger charge is -2.23. The number of nitrogens with one attached hydrogen (secondary N) is 2. The van der Waals surface area contributed by atoms with Crippen LogP contribution in [-0.4, -0.2) is 54.2 Å². The summed E-state index contributed by atoms with van der Waals surface area (Å²) in [6, 6.07) is 10.5. The molecule has 0 saturated carbocycles. The van der Waals surface area contributed by atoms with Gasteiger partial charge in [-0.3, -0.25) is 4.79 Å². The molecular formula is C20H33IN4OS. The van der Waals surface area contributed by atoms with Crippen LogP contribution in [0, 0.1) is 5.92 Å². The summed E-state index contributed by atoms with van der Waals surface area (Å²) in [5, 5.41) is 6.29. The molecule has 1 heterocycles. The summed E-state index contributed by atoms with van der Waals surface area (Å²) in [6.45, 7) is 11.0. The van der Waals surface area contributed by atoms with Gasteiger partial charge in [0.1, 0.15) is 6.54 Å². The second-order valence-electron chi connectivity index (χ2n) is 7.69. The third kappa shape index (κ3) is 9.19. The molecule has 0 aromatic heterocycles. The number of likely N-dealkylation sites (tertiary alicyclic amines) is 1. The number of hydrogen-bond acceptors (Lipinski definition) is 3. The molecule has 0 bridgehead atoms. The third-order valence-corrected chi connectivity index (χ3v) is 5.28. The van der Waals surface area contributed by atoms with Gasteiger partial charge in [0.05, 0.1) is 0 Å². The molecule has 1 aliphatic rings. The number of guanidine groups is 1. The van der Waals surface area contributed by atoms with Crippen molar-refractivity contribution < 1.29 is 4.79 Å². The van der Waals surface area contributed by atoms with Gasteiger partial charge in [0, 0.05) is 35.8 Å². The zero-order valence-electron chi connectivity index (χ0n) is 16.8. The average molecular weight is 504 g/mol. The van der Waals surface area contributed by atoms with E-state index in [1.807, 2.05) is 32.5 Å². The number of rotatable bonds is 6. The fraction of sp³-hybridized carbons (Fsp3) is 0.600. The second kappa shape index (κ2) is 11.8. The van der Waals surface area contributed by atoms with Gasteiger partial charge in [-0.15, -0.1) is 35.7 Å². The van der Waals surface area contributed by atoms with E-state index in [0.717, 1.165) is 31.3 Å². The first-order valence-corrected chi connectivity index (χ1v) is 10.4. The first-order valence-electron chi connectivity index (χ1n) is 9.39. The normalized spacial score (nSPS) is 17.4. The molecule has 152 valence electrons. The van der Waals surface area contributed by atoms with Crippen LogP contribution in [0.3, 0.4) is 0 Å². The van der Waals surface area contributed by atoms with Crippen molar-refractivity contribution in [2.45, 2.75) is 44.6 Å². The van der Waals surface area contributed by atoms with Crippen LogP contribution in [0.1, 0.15) is 34.1 Å². The Balaban J connectivity index is 0.00000364. The SMILES string of the molecule is CCNC(=NCC(=O)NC(C)(C)C)N1CCC(CSc2ccccc2)C1.I. The maximum atomic E-state index is 12.0. The van der Waals surface area contributed by atoms with Crippen molar-refractivity contribution in [2.75, 3.05) is 31.9 Å². The van der Waals surface area contributed by atoms with Crippen molar-refractivity contribution in [3.8, 4) is 0 Å². The van der Waals surface area contributed by atoms with Gasteiger partial charge in [0.25, 0.3) is 0 Å². The number of hydrogen-bond donors (Lipinski definition) is 2. The number of aliphatic imine (C=N–C) groups is 1. The lowest BCUT2D eigenvalue weighted by molar-refractivity contribution is -0.121. The number of carbonyl (C=O) groups is 1. The van der Waals surface area contributed by atoms with E-state index in [4.69, 9.17) is 0 Å². The molecular weight excluding hydrogens is 471 g/mol. The summed E-state index contributed by atoms with van der Waals surface area (Å²) in [5.74, 6) is 2.57. The van der Waals surface area contributed by atoms with Crippen LogP contribution in [0.4, 0.5) is 0 Å². The average Bonchev–Trinajstić information content (AvgIpc) is 3.05. The molecule has 1 fully saturated rings. The monoisotopic (exact) mass is 504 g/mol. The van der Waals surface area contributed by atoms with Gasteiger partial charge in [-0.2, -0.15) is 0 Å². The standard InChI is InChI=1S/C20H32N4OS.HI/c1-5-21-19(22-13-18(25)23-20(2,3)4)24-12-11-16(14-24)15-26-17-9-7-6-8-10-17;/h6-10,16H,5,11-15H2,1-4H3,(H,21,22)(H,23,25);1H. The highest BCUT2D eigenvalue weighted by molar-refractivity contribution is 14.0. The minimum absolute atomic E-state index is 0. The zero-order valence-corrected chi connectivity index (χ0v) is 20.0. The van der Waals surface area contributed by atoms with Crippen molar-refractivity contribution in [3.63, 3.8) is 0 Å². The molecule has 2 N–H and O–H groups in total. The van der Waals surface area contributed by atoms with Crippen molar-refractivity contribution in [2.24, 2.45) is 10.9 Å².